The number of carbonyl (C=O) groups excluding carboxylic acids is 2. The van der Waals surface area contributed by atoms with Gasteiger partial charge < -0.3 is 25.3 Å². The highest BCUT2D eigenvalue weighted by molar-refractivity contribution is 6.17. The second-order valence-electron chi connectivity index (χ2n) is 6.25. The summed E-state index contributed by atoms with van der Waals surface area (Å²) in [6.45, 7) is 1.98. The SMILES string of the molecule is COCCOC(=O)C1=C(N)Oc2n[nH]c(C)c2[C@@]12C(=O)Nc1ccccc12. The summed E-state index contributed by atoms with van der Waals surface area (Å²) in [5.41, 5.74) is 6.71. The zero-order valence-corrected chi connectivity index (χ0v) is 14.8. The molecule has 140 valence electrons. The van der Waals surface area contributed by atoms with Gasteiger partial charge in [0.2, 0.25) is 17.7 Å². The summed E-state index contributed by atoms with van der Waals surface area (Å²) in [5.74, 6) is -1.23. The van der Waals surface area contributed by atoms with Gasteiger partial charge in [-0.05, 0) is 13.0 Å². The number of nitrogens with one attached hydrogen (secondary N) is 2. The van der Waals surface area contributed by atoms with Crippen LogP contribution in [0.15, 0.2) is 35.7 Å². The third-order valence-corrected chi connectivity index (χ3v) is 4.76. The normalized spacial score (nSPS) is 20.1. The number of hydrogen-bond donors (Lipinski definition) is 3. The van der Waals surface area contributed by atoms with Gasteiger partial charge in [0.15, 0.2) is 0 Å². The average molecular weight is 370 g/mol. The molecule has 2 aliphatic heterocycles. The molecule has 0 unspecified atom stereocenters. The number of aryl methyl sites for hydroxylation is 1. The molecule has 0 saturated heterocycles. The predicted octanol–water partition coefficient (Wildman–Crippen LogP) is 0.709. The fourth-order valence-electron chi connectivity index (χ4n) is 3.68. The maximum atomic E-state index is 13.3. The number of methoxy groups -OCH3 is 1. The number of rotatable bonds is 4. The zero-order chi connectivity index (χ0) is 19.2. The van der Waals surface area contributed by atoms with E-state index in [2.05, 4.69) is 15.5 Å². The number of ether oxygens (including phenoxy) is 3. The van der Waals surface area contributed by atoms with Crippen molar-refractivity contribution in [2.45, 2.75) is 12.3 Å². The number of H-pyrrole nitrogens is 1. The van der Waals surface area contributed by atoms with E-state index in [1.165, 1.54) is 7.11 Å². The van der Waals surface area contributed by atoms with Crippen molar-refractivity contribution in [3.63, 3.8) is 0 Å². The molecule has 4 rings (SSSR count). The number of aromatic nitrogens is 2. The third kappa shape index (κ3) is 2.25. The number of amides is 1. The summed E-state index contributed by atoms with van der Waals surface area (Å²) in [4.78, 5) is 26.2. The van der Waals surface area contributed by atoms with Crippen LogP contribution in [0.3, 0.4) is 0 Å². The summed E-state index contributed by atoms with van der Waals surface area (Å²) in [5, 5.41) is 9.72. The van der Waals surface area contributed by atoms with Crippen molar-refractivity contribution in [1.82, 2.24) is 10.2 Å². The van der Waals surface area contributed by atoms with E-state index >= 15 is 0 Å². The molecular formula is C18H18N4O5. The molecule has 9 heteroatoms. The molecule has 0 fully saturated rings. The van der Waals surface area contributed by atoms with Crippen molar-refractivity contribution in [2.75, 3.05) is 25.6 Å². The molecule has 1 atom stereocenters. The fraction of sp³-hybridized carbons (Fsp3) is 0.278. The number of hydrogen-bond acceptors (Lipinski definition) is 7. The highest BCUT2D eigenvalue weighted by Gasteiger charge is 2.60. The zero-order valence-electron chi connectivity index (χ0n) is 14.8. The summed E-state index contributed by atoms with van der Waals surface area (Å²) >= 11 is 0. The van der Waals surface area contributed by atoms with Gasteiger partial charge in [-0.3, -0.25) is 9.89 Å². The van der Waals surface area contributed by atoms with Crippen LogP contribution >= 0.6 is 0 Å². The van der Waals surface area contributed by atoms with Crippen LogP contribution in [-0.2, 0) is 24.5 Å². The Morgan fingerprint density at radius 1 is 1.33 bits per heavy atom. The first kappa shape index (κ1) is 17.1. The minimum Gasteiger partial charge on any atom is -0.460 e. The Morgan fingerprint density at radius 3 is 2.89 bits per heavy atom. The van der Waals surface area contributed by atoms with Gasteiger partial charge in [0.25, 0.3) is 0 Å². The van der Waals surface area contributed by atoms with E-state index in [1.54, 1.807) is 31.2 Å². The van der Waals surface area contributed by atoms with Crippen molar-refractivity contribution in [3.05, 3.63) is 52.5 Å². The lowest BCUT2D eigenvalue weighted by molar-refractivity contribution is -0.142. The molecule has 4 N–H and O–H groups in total. The first-order valence-corrected chi connectivity index (χ1v) is 8.32. The molecule has 0 aliphatic carbocycles. The molecule has 2 aliphatic rings. The summed E-state index contributed by atoms with van der Waals surface area (Å²) in [6, 6.07) is 7.11. The topological polar surface area (TPSA) is 129 Å². The van der Waals surface area contributed by atoms with E-state index in [0.29, 0.717) is 22.5 Å². The molecular weight excluding hydrogens is 352 g/mol. The van der Waals surface area contributed by atoms with Gasteiger partial charge in [-0.25, -0.2) is 4.79 Å². The van der Waals surface area contributed by atoms with E-state index in [0.717, 1.165) is 0 Å². The van der Waals surface area contributed by atoms with Crippen LogP contribution < -0.4 is 15.8 Å². The van der Waals surface area contributed by atoms with Crippen LogP contribution in [0.25, 0.3) is 0 Å². The van der Waals surface area contributed by atoms with Crippen LogP contribution in [0, 0.1) is 6.92 Å². The second kappa shape index (κ2) is 6.13. The van der Waals surface area contributed by atoms with Crippen LogP contribution in [0.4, 0.5) is 5.69 Å². The van der Waals surface area contributed by atoms with Crippen LogP contribution in [-0.4, -0.2) is 42.4 Å². The van der Waals surface area contributed by atoms with Crippen molar-refractivity contribution in [3.8, 4) is 5.88 Å². The van der Waals surface area contributed by atoms with Gasteiger partial charge in [-0.15, -0.1) is 5.10 Å². The monoisotopic (exact) mass is 370 g/mol. The highest BCUT2D eigenvalue weighted by atomic mass is 16.6. The Hall–Kier alpha value is -3.33. The smallest absolute Gasteiger partial charge is 0.341 e. The second-order valence-corrected chi connectivity index (χ2v) is 6.25. The minimum absolute atomic E-state index is 0.0166. The highest BCUT2D eigenvalue weighted by Crippen LogP contribution is 2.53. The van der Waals surface area contributed by atoms with E-state index in [9.17, 15) is 9.59 Å². The lowest BCUT2D eigenvalue weighted by atomic mass is 9.68. The van der Waals surface area contributed by atoms with Crippen molar-refractivity contribution >= 4 is 17.6 Å². The molecule has 0 saturated carbocycles. The minimum atomic E-state index is -1.50. The molecule has 1 aromatic heterocycles. The predicted molar refractivity (Wildman–Crippen MR) is 93.9 cm³/mol. The Kier molecular flexibility index (Phi) is 3.88. The number of benzene rings is 1. The third-order valence-electron chi connectivity index (χ3n) is 4.76. The molecule has 0 bridgehead atoms. The maximum absolute atomic E-state index is 13.3. The number of fused-ring (bicyclic) bond motifs is 4. The van der Waals surface area contributed by atoms with Gasteiger partial charge in [0.05, 0.1) is 12.2 Å². The molecule has 1 spiro atoms. The van der Waals surface area contributed by atoms with Crippen LogP contribution in [0.5, 0.6) is 5.88 Å². The summed E-state index contributed by atoms with van der Waals surface area (Å²) in [7, 11) is 1.49. The fourth-order valence-corrected chi connectivity index (χ4v) is 3.68. The first-order valence-electron chi connectivity index (χ1n) is 8.32. The van der Waals surface area contributed by atoms with Crippen LogP contribution in [0.1, 0.15) is 16.8 Å². The van der Waals surface area contributed by atoms with E-state index < -0.39 is 17.3 Å². The molecule has 1 amide bonds. The molecule has 27 heavy (non-hydrogen) atoms. The number of nitrogens with two attached hydrogens (primary N) is 1. The molecule has 3 heterocycles. The number of esters is 1. The van der Waals surface area contributed by atoms with Crippen LogP contribution in [0.2, 0.25) is 0 Å². The molecule has 0 radical (unpaired) electrons. The number of carbonyl (C=O) groups is 2. The Bertz CT molecular complexity index is 980. The maximum Gasteiger partial charge on any atom is 0.341 e. The van der Waals surface area contributed by atoms with E-state index in [-0.39, 0.29) is 30.5 Å². The number of anilines is 1. The van der Waals surface area contributed by atoms with Gasteiger partial charge >= 0.3 is 5.97 Å². The average Bonchev–Trinajstić information content (AvgIpc) is 3.14. The lowest BCUT2D eigenvalue weighted by Gasteiger charge is -2.33. The quantitative estimate of drug-likeness (QED) is 0.534. The largest absolute Gasteiger partial charge is 0.460 e. The molecule has 2 aromatic rings. The molecule has 1 aromatic carbocycles. The van der Waals surface area contributed by atoms with E-state index in [4.69, 9.17) is 19.9 Å². The van der Waals surface area contributed by atoms with Crippen molar-refractivity contribution < 1.29 is 23.8 Å². The summed E-state index contributed by atoms with van der Waals surface area (Å²) in [6.07, 6.45) is 0. The van der Waals surface area contributed by atoms with Gasteiger partial charge in [0.1, 0.15) is 17.6 Å². The lowest BCUT2D eigenvalue weighted by Crippen LogP contribution is -2.46. The molecule has 9 nitrogen and oxygen atoms in total. The Balaban J connectivity index is 1.96. The number of nitrogens with zero attached hydrogens (tertiary/aromatic N) is 1. The number of aromatic amines is 1. The first-order chi connectivity index (χ1) is 13.0. The number of para-hydroxylation sites is 1. The summed E-state index contributed by atoms with van der Waals surface area (Å²) < 4.78 is 15.7. The van der Waals surface area contributed by atoms with Gasteiger partial charge in [0, 0.05) is 24.1 Å². The van der Waals surface area contributed by atoms with Gasteiger partial charge in [-0.2, -0.15) is 0 Å². The van der Waals surface area contributed by atoms with Crippen molar-refractivity contribution in [2.24, 2.45) is 5.73 Å². The van der Waals surface area contributed by atoms with Gasteiger partial charge in [-0.1, -0.05) is 18.2 Å². The Morgan fingerprint density at radius 2 is 2.11 bits per heavy atom. The standard InChI is InChI=1S/C18H18N4O5/c1-9-12-15(22-21-9)27-14(19)13(16(23)26-8-7-25-2)18(12)10-5-3-4-6-11(10)20-17(18)24/h3-6H,7-8,19H2,1-2H3,(H,20,24)(H,21,22)/t18-/m1/s1. The van der Waals surface area contributed by atoms with E-state index in [1.807, 2.05) is 0 Å². The van der Waals surface area contributed by atoms with Crippen molar-refractivity contribution in [1.29, 1.82) is 0 Å². The Labute approximate surface area is 154 Å².